The second-order valence-corrected chi connectivity index (χ2v) is 3.62. The number of hydrogen-bond donors (Lipinski definition) is 1. The smallest absolute Gasteiger partial charge is 0.151 e. The summed E-state index contributed by atoms with van der Waals surface area (Å²) in [6.07, 6.45) is 4.22. The van der Waals surface area contributed by atoms with Crippen LogP contribution in [0.5, 0.6) is 0 Å². The molecule has 2 aromatic heterocycles. The van der Waals surface area contributed by atoms with Gasteiger partial charge in [0.05, 0.1) is 6.54 Å². The molecule has 1 N–H and O–H groups in total. The average Bonchev–Trinajstić information content (AvgIpc) is 2.83. The SMILES string of the molecule is Cn1cnc(CCNCc2nncn2C)n1. The molecule has 2 heterocycles. The van der Waals surface area contributed by atoms with Crippen LogP contribution >= 0.6 is 0 Å². The van der Waals surface area contributed by atoms with Crippen LogP contribution in [0, 0.1) is 0 Å². The summed E-state index contributed by atoms with van der Waals surface area (Å²) in [5.41, 5.74) is 0. The maximum atomic E-state index is 4.20. The monoisotopic (exact) mass is 221 g/mol. The van der Waals surface area contributed by atoms with Crippen LogP contribution in [0.3, 0.4) is 0 Å². The van der Waals surface area contributed by atoms with Crippen molar-refractivity contribution in [2.45, 2.75) is 13.0 Å². The van der Waals surface area contributed by atoms with Gasteiger partial charge in [-0.2, -0.15) is 5.10 Å². The number of nitrogens with one attached hydrogen (secondary N) is 1. The first-order valence-electron chi connectivity index (χ1n) is 5.14. The van der Waals surface area contributed by atoms with E-state index in [1.54, 1.807) is 17.3 Å². The summed E-state index contributed by atoms with van der Waals surface area (Å²) in [4.78, 5) is 4.15. The van der Waals surface area contributed by atoms with Crippen LogP contribution in [0.1, 0.15) is 11.6 Å². The average molecular weight is 221 g/mol. The van der Waals surface area contributed by atoms with Gasteiger partial charge in [0.1, 0.15) is 18.5 Å². The number of nitrogens with zero attached hydrogens (tertiary/aromatic N) is 6. The minimum absolute atomic E-state index is 0.712. The second-order valence-electron chi connectivity index (χ2n) is 3.62. The highest BCUT2D eigenvalue weighted by molar-refractivity contribution is 4.85. The lowest BCUT2D eigenvalue weighted by Gasteiger charge is -2.01. The molecular weight excluding hydrogens is 206 g/mol. The van der Waals surface area contributed by atoms with Crippen LogP contribution < -0.4 is 5.32 Å². The summed E-state index contributed by atoms with van der Waals surface area (Å²) >= 11 is 0. The minimum Gasteiger partial charge on any atom is -0.320 e. The highest BCUT2D eigenvalue weighted by Gasteiger charge is 2.01. The van der Waals surface area contributed by atoms with Crippen molar-refractivity contribution in [3.63, 3.8) is 0 Å². The zero-order chi connectivity index (χ0) is 11.4. The Balaban J connectivity index is 1.71. The van der Waals surface area contributed by atoms with E-state index >= 15 is 0 Å². The molecule has 7 nitrogen and oxygen atoms in total. The van der Waals surface area contributed by atoms with Gasteiger partial charge >= 0.3 is 0 Å². The van der Waals surface area contributed by atoms with Crippen molar-refractivity contribution in [2.24, 2.45) is 14.1 Å². The predicted molar refractivity (Wildman–Crippen MR) is 57.4 cm³/mol. The summed E-state index contributed by atoms with van der Waals surface area (Å²) in [5, 5.41) is 15.3. The first-order valence-corrected chi connectivity index (χ1v) is 5.14. The Hall–Kier alpha value is -1.76. The highest BCUT2D eigenvalue weighted by atomic mass is 15.3. The van der Waals surface area contributed by atoms with Gasteiger partial charge in [-0.1, -0.05) is 0 Å². The van der Waals surface area contributed by atoms with Crippen LogP contribution in [-0.4, -0.2) is 36.1 Å². The van der Waals surface area contributed by atoms with Crippen molar-refractivity contribution in [1.82, 2.24) is 34.8 Å². The Labute approximate surface area is 93.5 Å². The van der Waals surface area contributed by atoms with Crippen molar-refractivity contribution >= 4 is 0 Å². The van der Waals surface area contributed by atoms with Gasteiger partial charge in [0.25, 0.3) is 0 Å². The number of hydrogen-bond acceptors (Lipinski definition) is 5. The molecule has 0 aliphatic carbocycles. The van der Waals surface area contributed by atoms with Gasteiger partial charge < -0.3 is 9.88 Å². The lowest BCUT2D eigenvalue weighted by atomic mass is 10.4. The van der Waals surface area contributed by atoms with E-state index in [1.165, 1.54) is 0 Å². The molecule has 0 saturated carbocycles. The normalized spacial score (nSPS) is 10.9. The summed E-state index contributed by atoms with van der Waals surface area (Å²) < 4.78 is 3.60. The second kappa shape index (κ2) is 4.84. The molecular formula is C9H15N7. The van der Waals surface area contributed by atoms with E-state index in [0.717, 1.165) is 24.6 Å². The van der Waals surface area contributed by atoms with E-state index in [2.05, 4.69) is 25.6 Å². The van der Waals surface area contributed by atoms with E-state index in [0.29, 0.717) is 6.54 Å². The fourth-order valence-electron chi connectivity index (χ4n) is 1.37. The van der Waals surface area contributed by atoms with Crippen LogP contribution in [-0.2, 0) is 27.1 Å². The van der Waals surface area contributed by atoms with Gasteiger partial charge in [-0.05, 0) is 0 Å². The third-order valence-electron chi connectivity index (χ3n) is 2.26. The molecule has 86 valence electrons. The Bertz CT molecular complexity index is 444. The lowest BCUT2D eigenvalue weighted by Crippen LogP contribution is -2.19. The van der Waals surface area contributed by atoms with Crippen LogP contribution in [0.15, 0.2) is 12.7 Å². The van der Waals surface area contributed by atoms with Crippen molar-refractivity contribution < 1.29 is 0 Å². The zero-order valence-corrected chi connectivity index (χ0v) is 9.46. The van der Waals surface area contributed by atoms with Gasteiger partial charge in [-0.25, -0.2) is 4.98 Å². The third-order valence-corrected chi connectivity index (χ3v) is 2.26. The summed E-state index contributed by atoms with van der Waals surface area (Å²) in [5.74, 6) is 1.78. The first-order chi connectivity index (χ1) is 7.75. The lowest BCUT2D eigenvalue weighted by molar-refractivity contribution is 0.623. The molecule has 0 unspecified atom stereocenters. The van der Waals surface area contributed by atoms with Crippen molar-refractivity contribution in [3.8, 4) is 0 Å². The molecule has 0 atom stereocenters. The van der Waals surface area contributed by atoms with Crippen molar-refractivity contribution in [1.29, 1.82) is 0 Å². The zero-order valence-electron chi connectivity index (χ0n) is 9.46. The molecule has 2 rings (SSSR count). The van der Waals surface area contributed by atoms with E-state index in [4.69, 9.17) is 0 Å². The molecule has 0 bridgehead atoms. The van der Waals surface area contributed by atoms with Gasteiger partial charge in [0, 0.05) is 27.1 Å². The van der Waals surface area contributed by atoms with Crippen molar-refractivity contribution in [3.05, 3.63) is 24.3 Å². The molecule has 0 aliphatic heterocycles. The summed E-state index contributed by atoms with van der Waals surface area (Å²) in [6.45, 7) is 1.54. The van der Waals surface area contributed by atoms with E-state index in [1.807, 2.05) is 18.7 Å². The Morgan fingerprint density at radius 3 is 2.81 bits per heavy atom. The van der Waals surface area contributed by atoms with Gasteiger partial charge in [-0.15, -0.1) is 10.2 Å². The van der Waals surface area contributed by atoms with Gasteiger partial charge in [0.15, 0.2) is 5.82 Å². The maximum absolute atomic E-state index is 4.20. The van der Waals surface area contributed by atoms with Crippen molar-refractivity contribution in [2.75, 3.05) is 6.54 Å². The quantitative estimate of drug-likeness (QED) is 0.674. The highest BCUT2D eigenvalue weighted by Crippen LogP contribution is 1.91. The molecule has 0 aromatic carbocycles. The molecule has 0 amide bonds. The fourth-order valence-corrected chi connectivity index (χ4v) is 1.37. The van der Waals surface area contributed by atoms with Gasteiger partial charge in [0.2, 0.25) is 0 Å². The third kappa shape index (κ3) is 2.63. The molecule has 0 fully saturated rings. The largest absolute Gasteiger partial charge is 0.320 e. The van der Waals surface area contributed by atoms with Crippen LogP contribution in [0.2, 0.25) is 0 Å². The molecule has 0 spiro atoms. The predicted octanol–water partition coefficient (Wildman–Crippen LogP) is -0.724. The Morgan fingerprint density at radius 2 is 2.19 bits per heavy atom. The standard InChI is InChI=1S/C9H15N7/c1-15-7-12-13-9(15)5-10-4-3-8-11-6-16(2)14-8/h6-7,10H,3-5H2,1-2H3. The first kappa shape index (κ1) is 10.7. The summed E-state index contributed by atoms with van der Waals surface area (Å²) in [6, 6.07) is 0. The number of aromatic nitrogens is 6. The fraction of sp³-hybridized carbons (Fsp3) is 0.556. The number of aryl methyl sites for hydroxylation is 2. The molecule has 7 heteroatoms. The summed E-state index contributed by atoms with van der Waals surface area (Å²) in [7, 11) is 3.79. The molecule has 16 heavy (non-hydrogen) atoms. The molecule has 2 aromatic rings. The Kier molecular flexibility index (Phi) is 3.25. The van der Waals surface area contributed by atoms with Crippen LogP contribution in [0.4, 0.5) is 0 Å². The van der Waals surface area contributed by atoms with E-state index in [-0.39, 0.29) is 0 Å². The van der Waals surface area contributed by atoms with Gasteiger partial charge in [-0.3, -0.25) is 4.68 Å². The Morgan fingerprint density at radius 1 is 1.31 bits per heavy atom. The molecule has 0 radical (unpaired) electrons. The van der Waals surface area contributed by atoms with E-state index < -0.39 is 0 Å². The maximum Gasteiger partial charge on any atom is 0.151 e. The van der Waals surface area contributed by atoms with Crippen LogP contribution in [0.25, 0.3) is 0 Å². The topological polar surface area (TPSA) is 73.5 Å². The number of rotatable bonds is 5. The molecule has 0 aliphatic rings. The molecule has 0 saturated heterocycles. The van der Waals surface area contributed by atoms with E-state index in [9.17, 15) is 0 Å². The minimum atomic E-state index is 0.712.